The number of aromatic amines is 1. The van der Waals surface area contributed by atoms with Crippen LogP contribution in [0.25, 0.3) is 10.9 Å². The predicted octanol–water partition coefficient (Wildman–Crippen LogP) is 3.70. The molecule has 134 valence electrons. The highest BCUT2D eigenvalue weighted by molar-refractivity contribution is 5.81. The number of aryl methyl sites for hydroxylation is 4. The van der Waals surface area contributed by atoms with Crippen LogP contribution in [-0.2, 0) is 17.8 Å². The van der Waals surface area contributed by atoms with Crippen LogP contribution in [0.15, 0.2) is 47.3 Å². The Balaban J connectivity index is 1.64. The maximum Gasteiger partial charge on any atom is 0.253 e. The molecule has 0 radical (unpaired) electrons. The maximum atomic E-state index is 12.2. The molecular weight excluding hydrogens is 324 g/mol. The van der Waals surface area contributed by atoms with E-state index in [1.807, 2.05) is 57.2 Å². The quantitative estimate of drug-likeness (QED) is 0.738. The van der Waals surface area contributed by atoms with Crippen LogP contribution in [0.5, 0.6) is 0 Å². The number of carbonyl (C=O) groups is 1. The van der Waals surface area contributed by atoms with Crippen LogP contribution < -0.4 is 10.9 Å². The third-order valence-corrected chi connectivity index (χ3v) is 4.77. The molecule has 0 saturated carbocycles. The van der Waals surface area contributed by atoms with Gasteiger partial charge in [0.05, 0.1) is 0 Å². The lowest BCUT2D eigenvalue weighted by atomic mass is 10.0. The first-order valence-electron chi connectivity index (χ1n) is 8.88. The van der Waals surface area contributed by atoms with Crippen molar-refractivity contribution in [2.24, 2.45) is 0 Å². The summed E-state index contributed by atoms with van der Waals surface area (Å²) >= 11 is 0. The number of rotatable bonds is 5. The van der Waals surface area contributed by atoms with Crippen molar-refractivity contribution in [3.63, 3.8) is 0 Å². The Morgan fingerprint density at radius 1 is 1.00 bits per heavy atom. The Labute approximate surface area is 153 Å². The van der Waals surface area contributed by atoms with Gasteiger partial charge >= 0.3 is 0 Å². The smallest absolute Gasteiger partial charge is 0.253 e. The van der Waals surface area contributed by atoms with Gasteiger partial charge in [0.25, 0.3) is 5.56 Å². The van der Waals surface area contributed by atoms with Crippen LogP contribution in [0.3, 0.4) is 0 Å². The molecule has 1 heterocycles. The Hall–Kier alpha value is -2.88. The number of carbonyl (C=O) groups excluding carboxylic acids is 1. The lowest BCUT2D eigenvalue weighted by Crippen LogP contribution is -2.26. The Bertz CT molecular complexity index is 1000. The van der Waals surface area contributed by atoms with Gasteiger partial charge in [0, 0.05) is 24.0 Å². The third-order valence-electron chi connectivity index (χ3n) is 4.77. The SMILES string of the molecule is Cc1ccc(CCC(=O)NCc2cc3cc(C)c(C)cc3[nH]c2=O)cc1. The molecule has 4 nitrogen and oxygen atoms in total. The van der Waals surface area contributed by atoms with Crippen molar-refractivity contribution >= 4 is 16.8 Å². The van der Waals surface area contributed by atoms with Crippen LogP contribution >= 0.6 is 0 Å². The lowest BCUT2D eigenvalue weighted by molar-refractivity contribution is -0.121. The summed E-state index contributed by atoms with van der Waals surface area (Å²) in [6, 6.07) is 14.1. The van der Waals surface area contributed by atoms with Crippen molar-refractivity contribution in [2.75, 3.05) is 0 Å². The van der Waals surface area contributed by atoms with E-state index in [-0.39, 0.29) is 18.0 Å². The summed E-state index contributed by atoms with van der Waals surface area (Å²) in [5.41, 5.74) is 5.92. The molecule has 0 aliphatic carbocycles. The van der Waals surface area contributed by atoms with E-state index in [0.29, 0.717) is 18.4 Å². The molecule has 0 unspecified atom stereocenters. The Morgan fingerprint density at radius 3 is 2.42 bits per heavy atom. The first-order valence-corrected chi connectivity index (χ1v) is 8.88. The van der Waals surface area contributed by atoms with Crippen molar-refractivity contribution in [1.82, 2.24) is 10.3 Å². The van der Waals surface area contributed by atoms with Gasteiger partial charge in [-0.1, -0.05) is 29.8 Å². The summed E-state index contributed by atoms with van der Waals surface area (Å²) in [5.74, 6) is -0.0508. The van der Waals surface area contributed by atoms with Gasteiger partial charge in [0.15, 0.2) is 0 Å². The molecule has 2 N–H and O–H groups in total. The summed E-state index contributed by atoms with van der Waals surface area (Å²) in [6.45, 7) is 6.35. The summed E-state index contributed by atoms with van der Waals surface area (Å²) in [6.07, 6.45) is 1.10. The molecule has 0 saturated heterocycles. The molecule has 0 fully saturated rings. The summed E-state index contributed by atoms with van der Waals surface area (Å²) < 4.78 is 0. The molecule has 0 aliphatic heterocycles. The van der Waals surface area contributed by atoms with Crippen molar-refractivity contribution in [1.29, 1.82) is 0 Å². The minimum Gasteiger partial charge on any atom is -0.352 e. The number of pyridine rings is 1. The van der Waals surface area contributed by atoms with Gasteiger partial charge in [-0.05, 0) is 67.5 Å². The fourth-order valence-corrected chi connectivity index (χ4v) is 2.95. The number of fused-ring (bicyclic) bond motifs is 1. The van der Waals surface area contributed by atoms with Crippen LogP contribution in [0.4, 0.5) is 0 Å². The second-order valence-corrected chi connectivity index (χ2v) is 6.91. The van der Waals surface area contributed by atoms with Gasteiger partial charge in [-0.15, -0.1) is 0 Å². The van der Waals surface area contributed by atoms with E-state index < -0.39 is 0 Å². The second-order valence-electron chi connectivity index (χ2n) is 6.91. The normalized spacial score (nSPS) is 10.9. The second kappa shape index (κ2) is 7.56. The summed E-state index contributed by atoms with van der Waals surface area (Å²) in [5, 5.41) is 3.84. The molecule has 0 bridgehead atoms. The number of benzene rings is 2. The fraction of sp³-hybridized carbons (Fsp3) is 0.273. The molecule has 26 heavy (non-hydrogen) atoms. The summed E-state index contributed by atoms with van der Waals surface area (Å²) in [4.78, 5) is 27.3. The van der Waals surface area contributed by atoms with Gasteiger partial charge in [0.2, 0.25) is 5.91 Å². The largest absolute Gasteiger partial charge is 0.352 e. The van der Waals surface area contributed by atoms with Crippen molar-refractivity contribution in [3.05, 3.63) is 80.6 Å². The zero-order chi connectivity index (χ0) is 18.7. The summed E-state index contributed by atoms with van der Waals surface area (Å²) in [7, 11) is 0. The van der Waals surface area contributed by atoms with Crippen molar-refractivity contribution < 1.29 is 4.79 Å². The topological polar surface area (TPSA) is 62.0 Å². The highest BCUT2D eigenvalue weighted by atomic mass is 16.1. The van der Waals surface area contributed by atoms with E-state index in [4.69, 9.17) is 0 Å². The number of nitrogens with one attached hydrogen (secondary N) is 2. The first-order chi connectivity index (χ1) is 12.4. The number of amides is 1. The molecule has 0 atom stereocenters. The van der Waals surface area contributed by atoms with E-state index in [1.165, 1.54) is 11.1 Å². The minimum atomic E-state index is -0.153. The number of hydrogen-bond acceptors (Lipinski definition) is 2. The van der Waals surface area contributed by atoms with Gasteiger partial charge in [-0.25, -0.2) is 0 Å². The van der Waals surface area contributed by atoms with Crippen LogP contribution in [0, 0.1) is 20.8 Å². The first kappa shape index (κ1) is 17.9. The average Bonchev–Trinajstić information content (AvgIpc) is 2.61. The molecule has 0 spiro atoms. The third kappa shape index (κ3) is 4.20. The molecule has 1 aromatic heterocycles. The van der Waals surface area contributed by atoms with E-state index in [1.54, 1.807) is 0 Å². The van der Waals surface area contributed by atoms with Crippen molar-refractivity contribution in [3.8, 4) is 0 Å². The molecular formula is C22H24N2O2. The van der Waals surface area contributed by atoms with E-state index in [9.17, 15) is 9.59 Å². The lowest BCUT2D eigenvalue weighted by Gasteiger charge is -2.08. The zero-order valence-corrected chi connectivity index (χ0v) is 15.5. The molecule has 0 aliphatic rings. The number of aromatic nitrogens is 1. The Kier molecular flexibility index (Phi) is 5.21. The molecule has 2 aromatic carbocycles. The highest BCUT2D eigenvalue weighted by Gasteiger charge is 2.07. The average molecular weight is 348 g/mol. The van der Waals surface area contributed by atoms with E-state index in [0.717, 1.165) is 22.0 Å². The molecule has 4 heteroatoms. The van der Waals surface area contributed by atoms with Crippen LogP contribution in [0.2, 0.25) is 0 Å². The van der Waals surface area contributed by atoms with E-state index >= 15 is 0 Å². The highest BCUT2D eigenvalue weighted by Crippen LogP contribution is 2.17. The van der Waals surface area contributed by atoms with Crippen molar-refractivity contribution in [2.45, 2.75) is 40.2 Å². The fourth-order valence-electron chi connectivity index (χ4n) is 2.95. The zero-order valence-electron chi connectivity index (χ0n) is 15.5. The van der Waals surface area contributed by atoms with Gasteiger partial charge in [0.1, 0.15) is 0 Å². The molecule has 3 aromatic rings. The number of hydrogen-bond donors (Lipinski definition) is 2. The minimum absolute atomic E-state index is 0.0508. The van der Waals surface area contributed by atoms with Crippen LogP contribution in [-0.4, -0.2) is 10.9 Å². The Morgan fingerprint density at radius 2 is 1.69 bits per heavy atom. The number of H-pyrrole nitrogens is 1. The van der Waals surface area contributed by atoms with Gasteiger partial charge in [-0.2, -0.15) is 0 Å². The molecule has 3 rings (SSSR count). The van der Waals surface area contributed by atoms with E-state index in [2.05, 4.69) is 16.4 Å². The maximum absolute atomic E-state index is 12.2. The monoisotopic (exact) mass is 348 g/mol. The molecule has 1 amide bonds. The van der Waals surface area contributed by atoms with Gasteiger partial charge in [-0.3, -0.25) is 9.59 Å². The van der Waals surface area contributed by atoms with Crippen LogP contribution in [0.1, 0.15) is 34.2 Å². The van der Waals surface area contributed by atoms with Gasteiger partial charge < -0.3 is 10.3 Å². The standard InChI is InChI=1S/C22H24N2O2/c1-14-4-6-17(7-5-14)8-9-21(25)23-13-19-12-18-10-15(2)16(3)11-20(18)24-22(19)26/h4-7,10-12H,8-9,13H2,1-3H3,(H,23,25)(H,24,26). The predicted molar refractivity (Wildman–Crippen MR) is 105 cm³/mol.